The first-order valence-corrected chi connectivity index (χ1v) is 6.85. The summed E-state index contributed by atoms with van der Waals surface area (Å²) in [6, 6.07) is 0. The maximum absolute atomic E-state index is 11.9. The number of aromatic nitrogens is 2. The smallest absolute Gasteiger partial charge is 0.342 e. The van der Waals surface area contributed by atoms with Crippen molar-refractivity contribution in [3.8, 4) is 0 Å². The van der Waals surface area contributed by atoms with Crippen molar-refractivity contribution in [3.63, 3.8) is 0 Å². The molecule has 0 aromatic carbocycles. The third-order valence-corrected chi connectivity index (χ3v) is 3.48. The van der Waals surface area contributed by atoms with E-state index in [4.69, 9.17) is 26.8 Å². The standard InChI is InChI=1S/C12H16N2O6S/c1-2-19-11(17)6-4-14(12(18)13-10(6)21)9-3-7(16)8(5-15)20-9/h4,7-9,15-16H,2-3,5H2,1H3,(H,13,18,21)/t7-,8+,9+/m1/s1. The summed E-state index contributed by atoms with van der Waals surface area (Å²) in [4.78, 5) is 26.1. The predicted octanol–water partition coefficient (Wildman–Crippen LogP) is -0.277. The van der Waals surface area contributed by atoms with Gasteiger partial charge in [0.05, 0.1) is 19.3 Å². The molecule has 0 amide bonds. The highest BCUT2D eigenvalue weighted by molar-refractivity contribution is 7.71. The zero-order valence-electron chi connectivity index (χ0n) is 11.3. The van der Waals surface area contributed by atoms with E-state index in [0.717, 1.165) is 4.57 Å². The molecule has 0 bridgehead atoms. The molecule has 3 atom stereocenters. The predicted molar refractivity (Wildman–Crippen MR) is 73.5 cm³/mol. The molecule has 0 unspecified atom stereocenters. The van der Waals surface area contributed by atoms with Gasteiger partial charge in [-0.1, -0.05) is 12.2 Å². The Kier molecular flexibility index (Phi) is 4.88. The number of esters is 1. The second-order valence-electron chi connectivity index (χ2n) is 4.54. The van der Waals surface area contributed by atoms with Crippen LogP contribution in [-0.2, 0) is 9.47 Å². The number of nitrogens with one attached hydrogen (secondary N) is 1. The third kappa shape index (κ3) is 3.21. The quantitative estimate of drug-likeness (QED) is 0.517. The van der Waals surface area contributed by atoms with Crippen molar-refractivity contribution in [2.75, 3.05) is 13.2 Å². The molecule has 1 aromatic rings. The van der Waals surface area contributed by atoms with Crippen LogP contribution in [0, 0.1) is 4.64 Å². The molecule has 0 spiro atoms. The molecule has 2 heterocycles. The summed E-state index contributed by atoms with van der Waals surface area (Å²) in [6.45, 7) is 1.47. The highest BCUT2D eigenvalue weighted by Gasteiger charge is 2.35. The van der Waals surface area contributed by atoms with Crippen LogP contribution < -0.4 is 5.69 Å². The van der Waals surface area contributed by atoms with Crippen LogP contribution in [0.15, 0.2) is 11.0 Å². The number of carbonyl (C=O) groups excluding carboxylic acids is 1. The number of H-pyrrole nitrogens is 1. The van der Waals surface area contributed by atoms with Crippen LogP contribution in [0.25, 0.3) is 0 Å². The van der Waals surface area contributed by atoms with Crippen LogP contribution in [0.5, 0.6) is 0 Å². The van der Waals surface area contributed by atoms with Crippen molar-refractivity contribution >= 4 is 18.2 Å². The second kappa shape index (κ2) is 6.48. The summed E-state index contributed by atoms with van der Waals surface area (Å²) in [6.07, 6.45) is -1.07. The van der Waals surface area contributed by atoms with Gasteiger partial charge in [0, 0.05) is 12.6 Å². The van der Waals surface area contributed by atoms with Gasteiger partial charge >= 0.3 is 11.7 Å². The fourth-order valence-corrected chi connectivity index (χ4v) is 2.33. The lowest BCUT2D eigenvalue weighted by atomic mass is 10.2. The van der Waals surface area contributed by atoms with Gasteiger partial charge < -0.3 is 19.7 Å². The van der Waals surface area contributed by atoms with Crippen molar-refractivity contribution in [3.05, 3.63) is 26.9 Å². The van der Waals surface area contributed by atoms with Gasteiger partial charge in [0.25, 0.3) is 0 Å². The lowest BCUT2D eigenvalue weighted by molar-refractivity contribution is -0.0459. The Labute approximate surface area is 124 Å². The largest absolute Gasteiger partial charge is 0.462 e. The summed E-state index contributed by atoms with van der Waals surface area (Å²) in [5, 5.41) is 18.8. The summed E-state index contributed by atoms with van der Waals surface area (Å²) in [7, 11) is 0. The molecule has 1 aromatic heterocycles. The van der Waals surface area contributed by atoms with Crippen molar-refractivity contribution < 1.29 is 24.5 Å². The van der Waals surface area contributed by atoms with Crippen molar-refractivity contribution in [1.29, 1.82) is 0 Å². The van der Waals surface area contributed by atoms with E-state index in [1.807, 2.05) is 0 Å². The van der Waals surface area contributed by atoms with E-state index in [-0.39, 0.29) is 29.8 Å². The molecular formula is C12H16N2O6S. The van der Waals surface area contributed by atoms with Gasteiger partial charge in [0.1, 0.15) is 22.5 Å². The van der Waals surface area contributed by atoms with Gasteiger partial charge in [-0.3, -0.25) is 9.55 Å². The highest BCUT2D eigenvalue weighted by atomic mass is 32.1. The first kappa shape index (κ1) is 15.8. The summed E-state index contributed by atoms with van der Waals surface area (Å²) in [5.41, 5.74) is -0.527. The minimum Gasteiger partial charge on any atom is -0.462 e. The van der Waals surface area contributed by atoms with Gasteiger partial charge in [-0.15, -0.1) is 0 Å². The lowest BCUT2D eigenvalue weighted by Crippen LogP contribution is -2.29. The first-order chi connectivity index (χ1) is 9.97. The highest BCUT2D eigenvalue weighted by Crippen LogP contribution is 2.27. The van der Waals surface area contributed by atoms with Gasteiger partial charge in [-0.05, 0) is 6.92 Å². The van der Waals surface area contributed by atoms with Crippen LogP contribution in [-0.4, -0.2) is 51.2 Å². The monoisotopic (exact) mass is 316 g/mol. The number of hydrogen-bond acceptors (Lipinski definition) is 7. The number of hydrogen-bond donors (Lipinski definition) is 3. The Bertz CT molecular complexity index is 639. The minimum atomic E-state index is -0.888. The molecule has 3 N–H and O–H groups in total. The maximum Gasteiger partial charge on any atom is 0.342 e. The fraction of sp³-hybridized carbons (Fsp3) is 0.583. The molecule has 0 saturated carbocycles. The van der Waals surface area contributed by atoms with Gasteiger partial charge in [0.2, 0.25) is 0 Å². The summed E-state index contributed by atoms with van der Waals surface area (Å²) < 4.78 is 11.3. The number of nitrogens with zero attached hydrogens (tertiary/aromatic N) is 1. The fourth-order valence-electron chi connectivity index (χ4n) is 2.10. The second-order valence-corrected chi connectivity index (χ2v) is 4.95. The van der Waals surface area contributed by atoms with Gasteiger partial charge in [-0.2, -0.15) is 0 Å². The molecule has 9 heteroatoms. The van der Waals surface area contributed by atoms with Crippen LogP contribution in [0.4, 0.5) is 0 Å². The zero-order valence-corrected chi connectivity index (χ0v) is 12.1. The average Bonchev–Trinajstić information content (AvgIpc) is 2.80. The average molecular weight is 316 g/mol. The summed E-state index contributed by atoms with van der Waals surface area (Å²) >= 11 is 4.93. The Hall–Kier alpha value is -1.55. The number of carbonyl (C=O) groups is 1. The molecule has 1 aliphatic rings. The van der Waals surface area contributed by atoms with E-state index in [9.17, 15) is 14.7 Å². The van der Waals surface area contributed by atoms with Gasteiger partial charge in [0.15, 0.2) is 0 Å². The molecule has 1 saturated heterocycles. The van der Waals surface area contributed by atoms with Crippen molar-refractivity contribution in [2.24, 2.45) is 0 Å². The number of aliphatic hydroxyl groups is 2. The molecule has 21 heavy (non-hydrogen) atoms. The van der Waals surface area contributed by atoms with E-state index in [1.165, 1.54) is 6.20 Å². The molecule has 0 aliphatic carbocycles. The maximum atomic E-state index is 11.9. The zero-order chi connectivity index (χ0) is 15.6. The molecule has 1 fully saturated rings. The Morgan fingerprint density at radius 3 is 2.95 bits per heavy atom. The van der Waals surface area contributed by atoms with E-state index in [1.54, 1.807) is 6.92 Å². The van der Waals surface area contributed by atoms with Crippen LogP contribution in [0.1, 0.15) is 29.9 Å². The Morgan fingerprint density at radius 1 is 1.67 bits per heavy atom. The minimum absolute atomic E-state index is 0.0213. The van der Waals surface area contributed by atoms with E-state index in [2.05, 4.69) is 4.98 Å². The number of ether oxygens (including phenoxy) is 2. The molecule has 8 nitrogen and oxygen atoms in total. The van der Waals surface area contributed by atoms with E-state index >= 15 is 0 Å². The normalized spacial score (nSPS) is 25.0. The van der Waals surface area contributed by atoms with Crippen LogP contribution in [0.3, 0.4) is 0 Å². The Balaban J connectivity index is 2.37. The number of aliphatic hydroxyl groups excluding tert-OH is 2. The molecule has 0 radical (unpaired) electrons. The molecule has 116 valence electrons. The van der Waals surface area contributed by atoms with Crippen LogP contribution >= 0.6 is 12.2 Å². The van der Waals surface area contributed by atoms with E-state index in [0.29, 0.717) is 0 Å². The summed E-state index contributed by atoms with van der Waals surface area (Å²) in [5.74, 6) is -0.648. The molecular weight excluding hydrogens is 300 g/mol. The van der Waals surface area contributed by atoms with Crippen molar-refractivity contribution in [1.82, 2.24) is 9.55 Å². The lowest BCUT2D eigenvalue weighted by Gasteiger charge is -2.15. The third-order valence-electron chi connectivity index (χ3n) is 3.16. The first-order valence-electron chi connectivity index (χ1n) is 6.44. The topological polar surface area (TPSA) is 114 Å². The van der Waals surface area contributed by atoms with Crippen molar-refractivity contribution in [2.45, 2.75) is 31.8 Å². The number of aromatic amines is 1. The SMILES string of the molecule is CCOC(=O)c1cn([C@@H]2C[C@@H](O)[C@H](CO)O2)c(=O)[nH]c1=S. The molecule has 2 rings (SSSR count). The Morgan fingerprint density at radius 2 is 2.38 bits per heavy atom. The van der Waals surface area contributed by atoms with Gasteiger partial charge in [-0.25, -0.2) is 9.59 Å². The molecule has 1 aliphatic heterocycles. The van der Waals surface area contributed by atoms with E-state index < -0.39 is 30.1 Å². The van der Waals surface area contributed by atoms with Crippen LogP contribution in [0.2, 0.25) is 0 Å². The number of rotatable bonds is 4.